The van der Waals surface area contributed by atoms with Gasteiger partial charge in [0.05, 0.1) is 53.4 Å². The number of para-hydroxylation sites is 2. The van der Waals surface area contributed by atoms with Gasteiger partial charge in [-0.05, 0) is 78.0 Å². The number of hydrogen-bond donors (Lipinski definition) is 1. The molecule has 3 aromatic heterocycles. The van der Waals surface area contributed by atoms with Crippen molar-refractivity contribution in [3.05, 3.63) is 124 Å². The Bertz CT molecular complexity index is 2450. The first-order chi connectivity index (χ1) is 26.8. The molecule has 0 aliphatic heterocycles. The zero-order valence-electron chi connectivity index (χ0n) is 30.5. The summed E-state index contributed by atoms with van der Waals surface area (Å²) in [4.78, 5) is 26.9. The van der Waals surface area contributed by atoms with Gasteiger partial charge in [-0.15, -0.1) is 0 Å². The number of hydrogen-bond acceptors (Lipinski definition) is 11. The number of benzene rings is 3. The van der Waals surface area contributed by atoms with Crippen molar-refractivity contribution in [1.29, 1.82) is 0 Å². The summed E-state index contributed by atoms with van der Waals surface area (Å²) in [5.41, 5.74) is 6.06. The average Bonchev–Trinajstić information content (AvgIpc) is 3.63. The molecule has 0 amide bonds. The van der Waals surface area contributed by atoms with Gasteiger partial charge in [-0.1, -0.05) is 54.1 Å². The van der Waals surface area contributed by atoms with E-state index in [0.29, 0.717) is 69.0 Å². The Morgan fingerprint density at radius 1 is 0.927 bits per heavy atom. The van der Waals surface area contributed by atoms with Gasteiger partial charge in [0.15, 0.2) is 5.82 Å². The summed E-state index contributed by atoms with van der Waals surface area (Å²) >= 11 is 8.03. The Morgan fingerprint density at radius 3 is 2.51 bits per heavy atom. The second-order valence-electron chi connectivity index (χ2n) is 12.6. The Hall–Kier alpha value is -5.98. The molecule has 11 nitrogen and oxygen atoms in total. The zero-order valence-corrected chi connectivity index (χ0v) is 32.1. The minimum atomic E-state index is -1.31. The number of pyridine rings is 1. The molecule has 7 rings (SSSR count). The lowest BCUT2D eigenvalue weighted by Gasteiger charge is -2.23. The van der Waals surface area contributed by atoms with Gasteiger partial charge in [0.2, 0.25) is 12.0 Å². The lowest BCUT2D eigenvalue weighted by atomic mass is 9.87. The molecule has 0 fully saturated rings. The van der Waals surface area contributed by atoms with E-state index in [4.69, 9.17) is 45.3 Å². The fourth-order valence-corrected chi connectivity index (χ4v) is 7.55. The Labute approximate surface area is 327 Å². The number of aliphatic carboxylic acids is 1. The van der Waals surface area contributed by atoms with Crippen molar-refractivity contribution < 1.29 is 33.6 Å². The first-order valence-corrected chi connectivity index (χ1v) is 18.6. The molecule has 280 valence electrons. The highest BCUT2D eigenvalue weighted by Crippen LogP contribution is 2.47. The fraction of sp³-hybridized carbons (Fsp3) is 0.214. The van der Waals surface area contributed by atoms with Gasteiger partial charge in [-0.25, -0.2) is 14.8 Å². The third-order valence-electron chi connectivity index (χ3n) is 9.35. The summed E-state index contributed by atoms with van der Waals surface area (Å²) in [7, 11) is 4.82. The fourth-order valence-electron chi connectivity index (χ4n) is 6.57. The first-order valence-electron chi connectivity index (χ1n) is 17.4. The normalized spacial score (nSPS) is 13.5. The highest BCUT2D eigenvalue weighted by Gasteiger charge is 2.30. The van der Waals surface area contributed by atoms with Crippen LogP contribution < -0.4 is 18.9 Å². The highest BCUT2D eigenvalue weighted by atomic mass is 35.5. The van der Waals surface area contributed by atoms with Gasteiger partial charge in [0.1, 0.15) is 29.6 Å². The van der Waals surface area contributed by atoms with Crippen molar-refractivity contribution in [2.24, 2.45) is 0 Å². The Kier molecular flexibility index (Phi) is 11.3. The molecule has 0 spiro atoms. The summed E-state index contributed by atoms with van der Waals surface area (Å²) in [5.74, 6) is 2.07. The number of fused-ring (bicyclic) bond motifs is 1. The van der Waals surface area contributed by atoms with Crippen LogP contribution in [0.3, 0.4) is 0 Å². The molecule has 1 N–H and O–H groups in total. The quantitative estimate of drug-likeness (QED) is 0.113. The van der Waals surface area contributed by atoms with Gasteiger partial charge in [-0.3, -0.25) is 4.98 Å². The predicted octanol–water partition coefficient (Wildman–Crippen LogP) is 9.15. The van der Waals surface area contributed by atoms with E-state index < -0.39 is 12.1 Å². The van der Waals surface area contributed by atoms with Crippen LogP contribution in [0.25, 0.3) is 38.3 Å². The third-order valence-corrected chi connectivity index (χ3v) is 10.6. The minimum Gasteiger partial charge on any atom is -0.500 e. The predicted molar refractivity (Wildman–Crippen MR) is 212 cm³/mol. The van der Waals surface area contributed by atoms with Crippen LogP contribution in [0.15, 0.2) is 108 Å². The highest BCUT2D eigenvalue weighted by molar-refractivity contribution is 7.13. The number of aromatic nitrogens is 4. The molecular formula is C42H37ClN4O7S. The third kappa shape index (κ3) is 7.82. The van der Waals surface area contributed by atoms with E-state index in [2.05, 4.69) is 9.36 Å². The molecule has 1 atom stereocenters. The van der Waals surface area contributed by atoms with Gasteiger partial charge in [0, 0.05) is 36.4 Å². The van der Waals surface area contributed by atoms with E-state index in [1.165, 1.54) is 11.5 Å². The van der Waals surface area contributed by atoms with E-state index >= 15 is 0 Å². The summed E-state index contributed by atoms with van der Waals surface area (Å²) < 4.78 is 34.6. The molecule has 0 bridgehead atoms. The molecule has 6 aromatic rings. The SMILES string of the molecule is COC1=C(Cl)C(C)=C(c2c(-c3cccc(OC)c3)ncc3snc(O[C@H](Cc4ccccc4OCc4ccnc(-c5ccccc5OC)n4)C(=O)O)c23)CC1. The number of rotatable bonds is 14. The van der Waals surface area contributed by atoms with Crippen LogP contribution >= 0.6 is 23.1 Å². The molecular weight excluding hydrogens is 740 g/mol. The van der Waals surface area contributed by atoms with Gasteiger partial charge in [0.25, 0.3) is 0 Å². The summed E-state index contributed by atoms with van der Waals surface area (Å²) in [6.07, 6.45) is 3.28. The molecule has 0 radical (unpaired) electrons. The first kappa shape index (κ1) is 37.3. The van der Waals surface area contributed by atoms with Crippen molar-refractivity contribution in [3.63, 3.8) is 0 Å². The molecule has 1 aliphatic carbocycles. The second-order valence-corrected chi connectivity index (χ2v) is 13.8. The Morgan fingerprint density at radius 2 is 1.73 bits per heavy atom. The van der Waals surface area contributed by atoms with Crippen molar-refractivity contribution in [2.75, 3.05) is 21.3 Å². The van der Waals surface area contributed by atoms with Gasteiger partial charge >= 0.3 is 5.97 Å². The van der Waals surface area contributed by atoms with Crippen LogP contribution in [0.5, 0.6) is 23.1 Å². The van der Waals surface area contributed by atoms with E-state index in [1.54, 1.807) is 45.9 Å². The lowest BCUT2D eigenvalue weighted by Crippen LogP contribution is -2.29. The Balaban J connectivity index is 1.22. The van der Waals surface area contributed by atoms with Crippen LogP contribution in [-0.2, 0) is 22.6 Å². The maximum absolute atomic E-state index is 12.9. The molecule has 55 heavy (non-hydrogen) atoms. The van der Waals surface area contributed by atoms with E-state index in [1.807, 2.05) is 73.7 Å². The van der Waals surface area contributed by atoms with Gasteiger partial charge < -0.3 is 28.8 Å². The molecule has 0 saturated heterocycles. The summed E-state index contributed by atoms with van der Waals surface area (Å²) in [6, 6.07) is 24.2. The minimum absolute atomic E-state index is 0.00257. The number of ether oxygens (including phenoxy) is 5. The van der Waals surface area contributed by atoms with Crippen molar-refractivity contribution in [2.45, 2.75) is 38.9 Å². The maximum Gasteiger partial charge on any atom is 0.345 e. The maximum atomic E-state index is 12.9. The number of carboxylic acid groups (broad SMARTS) is 1. The van der Waals surface area contributed by atoms with Crippen LogP contribution in [0.4, 0.5) is 0 Å². The van der Waals surface area contributed by atoms with E-state index in [9.17, 15) is 9.90 Å². The van der Waals surface area contributed by atoms with Crippen molar-refractivity contribution >= 4 is 44.8 Å². The smallest absolute Gasteiger partial charge is 0.345 e. The zero-order chi connectivity index (χ0) is 38.5. The number of nitrogens with zero attached hydrogens (tertiary/aromatic N) is 4. The monoisotopic (exact) mass is 776 g/mol. The van der Waals surface area contributed by atoms with Crippen molar-refractivity contribution in [1.82, 2.24) is 19.3 Å². The summed E-state index contributed by atoms with van der Waals surface area (Å²) in [5, 5.41) is 11.7. The summed E-state index contributed by atoms with van der Waals surface area (Å²) in [6.45, 7) is 2.07. The number of methoxy groups -OCH3 is 3. The van der Waals surface area contributed by atoms with Crippen LogP contribution in [0, 0.1) is 0 Å². The molecule has 0 unspecified atom stereocenters. The molecule has 1 aliphatic rings. The number of carbonyl (C=O) groups is 1. The average molecular weight is 777 g/mol. The van der Waals surface area contributed by atoms with Gasteiger partial charge in [-0.2, -0.15) is 4.37 Å². The molecule has 13 heteroatoms. The second kappa shape index (κ2) is 16.6. The number of halogens is 1. The molecule has 3 aromatic carbocycles. The lowest BCUT2D eigenvalue weighted by molar-refractivity contribution is -0.145. The molecule has 0 saturated carbocycles. The van der Waals surface area contributed by atoms with Crippen molar-refractivity contribution in [3.8, 4) is 45.8 Å². The van der Waals surface area contributed by atoms with Crippen LogP contribution in [0.1, 0.15) is 36.6 Å². The largest absolute Gasteiger partial charge is 0.500 e. The topological polar surface area (TPSA) is 135 Å². The van der Waals surface area contributed by atoms with E-state index in [-0.39, 0.29) is 18.9 Å². The van der Waals surface area contributed by atoms with E-state index in [0.717, 1.165) is 32.5 Å². The number of carboxylic acids is 1. The number of allylic oxidation sites excluding steroid dienone is 4. The van der Waals surface area contributed by atoms with Crippen LogP contribution in [0.2, 0.25) is 0 Å². The van der Waals surface area contributed by atoms with Crippen LogP contribution in [-0.4, -0.2) is 57.8 Å². The molecule has 3 heterocycles. The standard InChI is InChI=1S/C42H37ClN4O7S/c1-24-29(16-17-33(52-4)38(24)43)36-37-35(22-45-39(36)26-11-9-12-28(20-26)50-2)55-47-41(37)54-34(42(48)49)21-25-10-5-7-14-31(25)53-23-27-18-19-44-40(46-27)30-13-6-8-15-32(30)51-3/h5-15,18-20,22,34H,16-17,21,23H2,1-4H3,(H,48,49)/t34-/m1/s1.